The number of aromatic nitrogens is 2. The molecule has 0 saturated carbocycles. The fourth-order valence-electron chi connectivity index (χ4n) is 4.11. The van der Waals surface area contributed by atoms with Gasteiger partial charge in [0.15, 0.2) is 18.2 Å². The number of hydrogen-bond acceptors (Lipinski definition) is 9. The van der Waals surface area contributed by atoms with Crippen molar-refractivity contribution in [1.29, 1.82) is 0 Å². The monoisotopic (exact) mass is 585 g/mol. The molecule has 0 unspecified atom stereocenters. The highest BCUT2D eigenvalue weighted by atomic mass is 32.2. The zero-order valence-corrected chi connectivity index (χ0v) is 23.6. The summed E-state index contributed by atoms with van der Waals surface area (Å²) in [7, 11) is -0.185. The normalized spacial score (nSPS) is 10.7. The van der Waals surface area contributed by atoms with Gasteiger partial charge in [-0.2, -0.15) is 0 Å². The molecule has 1 aromatic heterocycles. The number of nitrogens with zero attached hydrogens (tertiary/aromatic N) is 3. The van der Waals surface area contributed by atoms with E-state index >= 15 is 0 Å². The van der Waals surface area contributed by atoms with Crippen LogP contribution < -0.4 is 29.1 Å². The van der Waals surface area contributed by atoms with Crippen molar-refractivity contribution in [2.45, 2.75) is 0 Å². The van der Waals surface area contributed by atoms with Gasteiger partial charge in [0.2, 0.25) is 10.9 Å². The number of nitrogens with one attached hydrogen (secondary N) is 2. The number of amides is 1. The second-order valence-electron chi connectivity index (χ2n) is 8.86. The highest BCUT2D eigenvalue weighted by molar-refractivity contribution is 7.74. The third-order valence-corrected chi connectivity index (χ3v) is 6.76. The number of fused-ring (bicyclic) bond motifs is 1. The van der Waals surface area contributed by atoms with E-state index in [4.69, 9.17) is 14.2 Å². The quantitative estimate of drug-likeness (QED) is 0.182. The Morgan fingerprint density at radius 3 is 2.10 bits per heavy atom. The highest BCUT2D eigenvalue weighted by Crippen LogP contribution is 2.35. The minimum absolute atomic E-state index is 0.0301. The van der Waals surface area contributed by atoms with Crippen molar-refractivity contribution in [2.75, 3.05) is 35.8 Å². The van der Waals surface area contributed by atoms with Gasteiger partial charge in [0.1, 0.15) is 17.2 Å². The first-order chi connectivity index (χ1) is 20.4. The summed E-state index contributed by atoms with van der Waals surface area (Å²) in [5.74, 6) is 1.40. The fourth-order valence-corrected chi connectivity index (χ4v) is 4.72. The average Bonchev–Trinajstić information content (AvgIpc) is 3.00. The minimum Gasteiger partial charge on any atom is -0.497 e. The van der Waals surface area contributed by atoms with Crippen LogP contribution in [-0.2, 0) is 15.7 Å². The molecule has 0 saturated heterocycles. The molecule has 4 aromatic carbocycles. The standard InChI is InChI=1S/C30H27N5O6S/c1-39-24-16-21(17-25(18-24)40-2)32-29-30(34-27-14-7-6-13-26(27)33-29)35(42(37)38)22-10-8-9-20(15-22)31-28(36)19-41-23-11-4-3-5-12-23/h3-18,42H,19H2,1-2H3,(H,31,36)(H,32,33). The summed E-state index contributed by atoms with van der Waals surface area (Å²) in [6.07, 6.45) is 0. The Bertz CT molecular complexity index is 1770. The van der Waals surface area contributed by atoms with Gasteiger partial charge in [-0.05, 0) is 42.5 Å². The summed E-state index contributed by atoms with van der Waals surface area (Å²) >= 11 is 0. The first kappa shape index (κ1) is 28.2. The van der Waals surface area contributed by atoms with Crippen LogP contribution in [0.5, 0.6) is 17.2 Å². The van der Waals surface area contributed by atoms with Crippen LogP contribution in [0, 0.1) is 0 Å². The van der Waals surface area contributed by atoms with Crippen molar-refractivity contribution < 1.29 is 27.4 Å². The summed E-state index contributed by atoms with van der Waals surface area (Å²) in [5, 5.41) is 5.91. The Morgan fingerprint density at radius 2 is 1.43 bits per heavy atom. The molecule has 1 heterocycles. The Labute approximate surface area is 243 Å². The van der Waals surface area contributed by atoms with E-state index in [2.05, 4.69) is 20.6 Å². The molecule has 11 nitrogen and oxygen atoms in total. The van der Waals surface area contributed by atoms with Crippen molar-refractivity contribution >= 4 is 56.5 Å². The van der Waals surface area contributed by atoms with E-state index in [0.29, 0.717) is 39.7 Å². The van der Waals surface area contributed by atoms with Crippen molar-refractivity contribution in [3.63, 3.8) is 0 Å². The first-order valence-corrected chi connectivity index (χ1v) is 13.9. The van der Waals surface area contributed by atoms with Crippen molar-refractivity contribution in [1.82, 2.24) is 9.97 Å². The van der Waals surface area contributed by atoms with Crippen molar-refractivity contribution in [2.24, 2.45) is 0 Å². The van der Waals surface area contributed by atoms with Crippen molar-refractivity contribution in [3.05, 3.63) is 97.1 Å². The van der Waals surface area contributed by atoms with Gasteiger partial charge < -0.3 is 24.8 Å². The molecule has 0 spiro atoms. The molecular weight excluding hydrogens is 558 g/mol. The third kappa shape index (κ3) is 6.67. The Kier molecular flexibility index (Phi) is 8.64. The zero-order chi connectivity index (χ0) is 29.5. The molecule has 5 rings (SSSR count). The van der Waals surface area contributed by atoms with E-state index in [1.165, 1.54) is 20.3 Å². The fraction of sp³-hybridized carbons (Fsp3) is 0.100. The zero-order valence-electron chi connectivity index (χ0n) is 22.7. The lowest BCUT2D eigenvalue weighted by Gasteiger charge is -2.21. The maximum absolute atomic E-state index is 12.8. The second-order valence-corrected chi connectivity index (χ2v) is 9.74. The maximum atomic E-state index is 12.8. The summed E-state index contributed by atoms with van der Waals surface area (Å²) in [6, 6.07) is 27.6. The number of thiol groups is 1. The number of hydrogen-bond donors (Lipinski definition) is 3. The predicted octanol–water partition coefficient (Wildman–Crippen LogP) is 5.07. The van der Waals surface area contributed by atoms with Crippen LogP contribution in [0.2, 0.25) is 0 Å². The van der Waals surface area contributed by atoms with Crippen LogP contribution in [0.3, 0.4) is 0 Å². The molecular formula is C30H27N5O6S. The van der Waals surface area contributed by atoms with Gasteiger partial charge in [0.25, 0.3) is 5.91 Å². The average molecular weight is 586 g/mol. The molecule has 42 heavy (non-hydrogen) atoms. The summed E-state index contributed by atoms with van der Waals surface area (Å²) in [6.45, 7) is -0.220. The second kappa shape index (κ2) is 12.9. The molecule has 5 aromatic rings. The third-order valence-electron chi connectivity index (χ3n) is 6.02. The molecule has 0 atom stereocenters. The van der Waals surface area contributed by atoms with Crippen LogP contribution >= 0.6 is 0 Å². The van der Waals surface area contributed by atoms with Gasteiger partial charge in [-0.1, -0.05) is 36.4 Å². The van der Waals surface area contributed by atoms with Gasteiger partial charge in [0, 0.05) is 29.6 Å². The van der Waals surface area contributed by atoms with Crippen LogP contribution in [-0.4, -0.2) is 45.1 Å². The van der Waals surface area contributed by atoms with E-state index in [0.717, 1.165) is 4.31 Å². The number of benzene rings is 4. The SMILES string of the molecule is COc1cc(Nc2nc3ccccc3nc2N(c2cccc(NC(=O)COc3ccccc3)c2)[SH](=O)=O)cc(OC)c1. The Balaban J connectivity index is 1.49. The molecule has 0 bridgehead atoms. The van der Waals surface area contributed by atoms with Gasteiger partial charge >= 0.3 is 0 Å². The molecule has 0 aliphatic heterocycles. The number of rotatable bonds is 11. The van der Waals surface area contributed by atoms with Gasteiger partial charge in [0.05, 0.1) is 30.9 Å². The van der Waals surface area contributed by atoms with Gasteiger partial charge in [-0.3, -0.25) is 4.79 Å². The van der Waals surface area contributed by atoms with Crippen LogP contribution in [0.15, 0.2) is 97.1 Å². The van der Waals surface area contributed by atoms with Crippen molar-refractivity contribution in [3.8, 4) is 17.2 Å². The van der Waals surface area contributed by atoms with E-state index in [1.807, 2.05) is 12.1 Å². The number of carbonyl (C=O) groups excluding carboxylic acids is 1. The Morgan fingerprint density at radius 1 is 0.762 bits per heavy atom. The summed E-state index contributed by atoms with van der Waals surface area (Å²) in [4.78, 5) is 21.9. The molecule has 1 amide bonds. The summed E-state index contributed by atoms with van der Waals surface area (Å²) < 4.78 is 42.8. The Hall–Kier alpha value is -5.36. The lowest BCUT2D eigenvalue weighted by molar-refractivity contribution is -0.118. The van der Waals surface area contributed by atoms with Gasteiger partial charge in [-0.25, -0.2) is 22.7 Å². The van der Waals surface area contributed by atoms with Gasteiger partial charge in [-0.15, -0.1) is 0 Å². The molecule has 0 aliphatic carbocycles. The van der Waals surface area contributed by atoms with E-state index < -0.39 is 16.8 Å². The van der Waals surface area contributed by atoms with E-state index in [-0.39, 0.29) is 23.9 Å². The van der Waals surface area contributed by atoms with E-state index in [9.17, 15) is 13.2 Å². The molecule has 2 N–H and O–H groups in total. The van der Waals surface area contributed by atoms with Crippen LogP contribution in [0.25, 0.3) is 11.0 Å². The first-order valence-electron chi connectivity index (χ1n) is 12.7. The number of anilines is 5. The largest absolute Gasteiger partial charge is 0.497 e. The van der Waals surface area contributed by atoms with E-state index in [1.54, 1.807) is 78.9 Å². The number of ether oxygens (including phenoxy) is 3. The maximum Gasteiger partial charge on any atom is 0.262 e. The number of methoxy groups -OCH3 is 2. The molecule has 0 fully saturated rings. The lowest BCUT2D eigenvalue weighted by Crippen LogP contribution is -2.21. The van der Waals surface area contributed by atoms with Crippen LogP contribution in [0.4, 0.5) is 28.7 Å². The lowest BCUT2D eigenvalue weighted by atomic mass is 10.2. The molecule has 214 valence electrons. The highest BCUT2D eigenvalue weighted by Gasteiger charge is 2.21. The minimum atomic E-state index is -3.25. The van der Waals surface area contributed by atoms with Crippen LogP contribution in [0.1, 0.15) is 0 Å². The topological polar surface area (TPSA) is 132 Å². The molecule has 12 heteroatoms. The molecule has 0 radical (unpaired) electrons. The smallest absolute Gasteiger partial charge is 0.262 e. The number of carbonyl (C=O) groups is 1. The summed E-state index contributed by atoms with van der Waals surface area (Å²) in [5.41, 5.74) is 2.20. The predicted molar refractivity (Wildman–Crippen MR) is 162 cm³/mol. The molecule has 0 aliphatic rings. The number of para-hydroxylation sites is 3.